The van der Waals surface area contributed by atoms with Crippen LogP contribution in [0.3, 0.4) is 0 Å². The van der Waals surface area contributed by atoms with E-state index < -0.39 is 0 Å². The van der Waals surface area contributed by atoms with Gasteiger partial charge >= 0.3 is 0 Å². The molecule has 3 aromatic rings. The van der Waals surface area contributed by atoms with Crippen molar-refractivity contribution in [3.63, 3.8) is 0 Å². The quantitative estimate of drug-likeness (QED) is 0.622. The third kappa shape index (κ3) is 1.88. The molecule has 0 aliphatic heterocycles. The van der Waals surface area contributed by atoms with E-state index in [2.05, 4.69) is 18.2 Å². The first kappa shape index (κ1) is 11.6. The molecule has 1 heterocycles. The van der Waals surface area contributed by atoms with E-state index >= 15 is 0 Å². The van der Waals surface area contributed by atoms with Crippen LogP contribution in [0.15, 0.2) is 48.5 Å². The highest BCUT2D eigenvalue weighted by atomic mass is 35.5. The van der Waals surface area contributed by atoms with E-state index in [0.717, 1.165) is 26.6 Å². The average molecular weight is 275 g/mol. The molecule has 0 saturated carbocycles. The second-order valence-corrected chi connectivity index (χ2v) is 5.40. The molecular formula is C15H11ClOS. The van der Waals surface area contributed by atoms with Gasteiger partial charge in [-0.2, -0.15) is 0 Å². The fourth-order valence-corrected chi connectivity index (χ4v) is 3.50. The van der Waals surface area contributed by atoms with Gasteiger partial charge < -0.3 is 4.74 Å². The standard InChI is InChI=1S/C15H11ClOS/c1-17-11-6-4-5-10(9-11)15-14(16)12-7-2-3-8-13(12)18-15/h2-9H,1H3. The molecule has 0 unspecified atom stereocenters. The van der Waals surface area contributed by atoms with E-state index in [9.17, 15) is 0 Å². The second-order valence-electron chi connectivity index (χ2n) is 3.97. The van der Waals surface area contributed by atoms with Crippen LogP contribution in [0.4, 0.5) is 0 Å². The Balaban J connectivity index is 2.21. The van der Waals surface area contributed by atoms with Crippen molar-refractivity contribution in [2.75, 3.05) is 7.11 Å². The number of halogens is 1. The molecule has 2 aromatic carbocycles. The van der Waals surface area contributed by atoms with E-state index in [1.54, 1.807) is 18.4 Å². The molecule has 0 amide bonds. The monoisotopic (exact) mass is 274 g/mol. The van der Waals surface area contributed by atoms with Crippen LogP contribution in [0.1, 0.15) is 0 Å². The van der Waals surface area contributed by atoms with Gasteiger partial charge in [0.1, 0.15) is 5.75 Å². The lowest BCUT2D eigenvalue weighted by Gasteiger charge is -2.02. The molecular weight excluding hydrogens is 264 g/mol. The van der Waals surface area contributed by atoms with Crippen molar-refractivity contribution in [1.29, 1.82) is 0 Å². The molecule has 0 fully saturated rings. The summed E-state index contributed by atoms with van der Waals surface area (Å²) >= 11 is 8.17. The molecule has 0 radical (unpaired) electrons. The van der Waals surface area contributed by atoms with Crippen LogP contribution < -0.4 is 4.74 Å². The zero-order valence-electron chi connectivity index (χ0n) is 9.81. The maximum atomic E-state index is 6.46. The fraction of sp³-hybridized carbons (Fsp3) is 0.0667. The summed E-state index contributed by atoms with van der Waals surface area (Å²) in [6.07, 6.45) is 0. The summed E-state index contributed by atoms with van der Waals surface area (Å²) in [5, 5.41) is 1.94. The molecule has 0 N–H and O–H groups in total. The summed E-state index contributed by atoms with van der Waals surface area (Å²) in [6.45, 7) is 0. The van der Waals surface area contributed by atoms with Crippen molar-refractivity contribution in [2.24, 2.45) is 0 Å². The van der Waals surface area contributed by atoms with Crippen LogP contribution in [-0.2, 0) is 0 Å². The molecule has 18 heavy (non-hydrogen) atoms. The Labute approximate surface area is 115 Å². The van der Waals surface area contributed by atoms with Crippen molar-refractivity contribution in [2.45, 2.75) is 0 Å². The average Bonchev–Trinajstić information content (AvgIpc) is 2.77. The van der Waals surface area contributed by atoms with E-state index in [1.807, 2.05) is 30.3 Å². The van der Waals surface area contributed by atoms with Crippen LogP contribution in [0.5, 0.6) is 5.75 Å². The first-order chi connectivity index (χ1) is 8.79. The molecule has 1 aromatic heterocycles. The number of rotatable bonds is 2. The predicted octanol–water partition coefficient (Wildman–Crippen LogP) is 5.23. The number of benzene rings is 2. The zero-order valence-corrected chi connectivity index (χ0v) is 11.4. The number of fused-ring (bicyclic) bond motifs is 1. The summed E-state index contributed by atoms with van der Waals surface area (Å²) in [4.78, 5) is 1.09. The molecule has 0 aliphatic carbocycles. The maximum Gasteiger partial charge on any atom is 0.119 e. The summed E-state index contributed by atoms with van der Waals surface area (Å²) < 4.78 is 6.46. The highest BCUT2D eigenvalue weighted by molar-refractivity contribution is 7.23. The summed E-state index contributed by atoms with van der Waals surface area (Å²) in [6, 6.07) is 16.2. The molecule has 3 rings (SSSR count). The fourth-order valence-electron chi connectivity index (χ4n) is 1.96. The Morgan fingerprint density at radius 3 is 2.67 bits per heavy atom. The normalized spacial score (nSPS) is 10.8. The predicted molar refractivity (Wildman–Crippen MR) is 78.8 cm³/mol. The Morgan fingerprint density at radius 2 is 1.89 bits per heavy atom. The van der Waals surface area contributed by atoms with Crippen molar-refractivity contribution in [3.8, 4) is 16.2 Å². The van der Waals surface area contributed by atoms with Gasteiger partial charge in [0.05, 0.1) is 17.0 Å². The smallest absolute Gasteiger partial charge is 0.119 e. The topological polar surface area (TPSA) is 9.23 Å². The first-order valence-electron chi connectivity index (χ1n) is 5.61. The minimum absolute atomic E-state index is 0.823. The molecule has 0 saturated heterocycles. The third-order valence-electron chi connectivity index (χ3n) is 2.87. The summed E-state index contributed by atoms with van der Waals surface area (Å²) in [5.41, 5.74) is 1.10. The molecule has 0 bridgehead atoms. The van der Waals surface area contributed by atoms with Gasteiger partial charge in [0.25, 0.3) is 0 Å². The van der Waals surface area contributed by atoms with Gasteiger partial charge in [-0.1, -0.05) is 41.9 Å². The lowest BCUT2D eigenvalue weighted by Crippen LogP contribution is -1.82. The maximum absolute atomic E-state index is 6.46. The summed E-state index contributed by atoms with van der Waals surface area (Å²) in [7, 11) is 1.67. The van der Waals surface area contributed by atoms with Crippen molar-refractivity contribution in [1.82, 2.24) is 0 Å². The van der Waals surface area contributed by atoms with Crippen LogP contribution in [-0.4, -0.2) is 7.11 Å². The largest absolute Gasteiger partial charge is 0.497 e. The lowest BCUT2D eigenvalue weighted by atomic mass is 10.1. The van der Waals surface area contributed by atoms with E-state index in [0.29, 0.717) is 0 Å². The SMILES string of the molecule is COc1cccc(-c2sc3ccccc3c2Cl)c1. The Morgan fingerprint density at radius 1 is 1.06 bits per heavy atom. The van der Waals surface area contributed by atoms with Crippen LogP contribution in [0, 0.1) is 0 Å². The lowest BCUT2D eigenvalue weighted by molar-refractivity contribution is 0.415. The van der Waals surface area contributed by atoms with Gasteiger partial charge in [-0.15, -0.1) is 11.3 Å². The van der Waals surface area contributed by atoms with Crippen LogP contribution in [0.2, 0.25) is 5.02 Å². The molecule has 0 aliphatic rings. The van der Waals surface area contributed by atoms with Crippen molar-refractivity contribution >= 4 is 33.0 Å². The Kier molecular flexibility index (Phi) is 2.98. The Hall–Kier alpha value is -1.51. The van der Waals surface area contributed by atoms with Crippen molar-refractivity contribution < 1.29 is 4.74 Å². The van der Waals surface area contributed by atoms with Gasteiger partial charge in [0.2, 0.25) is 0 Å². The minimum atomic E-state index is 0.823. The molecule has 0 atom stereocenters. The highest BCUT2D eigenvalue weighted by Gasteiger charge is 2.11. The number of thiophene rings is 1. The molecule has 90 valence electrons. The van der Waals surface area contributed by atoms with Gasteiger partial charge in [0.15, 0.2) is 0 Å². The van der Waals surface area contributed by atoms with Crippen LogP contribution in [0.25, 0.3) is 20.5 Å². The first-order valence-corrected chi connectivity index (χ1v) is 6.80. The van der Waals surface area contributed by atoms with E-state index in [1.165, 1.54) is 4.70 Å². The number of hydrogen-bond acceptors (Lipinski definition) is 2. The number of methoxy groups -OCH3 is 1. The van der Waals surface area contributed by atoms with Gasteiger partial charge in [0, 0.05) is 10.1 Å². The summed E-state index contributed by atoms with van der Waals surface area (Å²) in [5.74, 6) is 0.848. The minimum Gasteiger partial charge on any atom is -0.497 e. The highest BCUT2D eigenvalue weighted by Crippen LogP contribution is 2.42. The second kappa shape index (κ2) is 4.63. The Bertz CT molecular complexity index is 703. The zero-order chi connectivity index (χ0) is 12.5. The molecule has 0 spiro atoms. The van der Waals surface area contributed by atoms with E-state index in [4.69, 9.17) is 16.3 Å². The van der Waals surface area contributed by atoms with Gasteiger partial charge in [-0.25, -0.2) is 0 Å². The third-order valence-corrected chi connectivity index (χ3v) is 4.59. The molecule has 1 nitrogen and oxygen atoms in total. The van der Waals surface area contributed by atoms with Crippen LogP contribution >= 0.6 is 22.9 Å². The van der Waals surface area contributed by atoms with Gasteiger partial charge in [-0.05, 0) is 23.8 Å². The molecule has 3 heteroatoms. The van der Waals surface area contributed by atoms with Crippen molar-refractivity contribution in [3.05, 3.63) is 53.6 Å². The number of ether oxygens (including phenoxy) is 1. The van der Waals surface area contributed by atoms with E-state index in [-0.39, 0.29) is 0 Å². The number of hydrogen-bond donors (Lipinski definition) is 0. The van der Waals surface area contributed by atoms with Gasteiger partial charge in [-0.3, -0.25) is 0 Å².